The van der Waals surface area contributed by atoms with Crippen molar-refractivity contribution < 1.29 is 0 Å². The second kappa shape index (κ2) is 11.9. The van der Waals surface area contributed by atoms with Crippen molar-refractivity contribution in [1.29, 1.82) is 10.5 Å². The Morgan fingerprint density at radius 2 is 0.562 bits per heavy atom. The minimum Gasteiger partial charge on any atom is -0.192 e. The lowest BCUT2D eigenvalue weighted by molar-refractivity contribution is 1.48. The zero-order chi connectivity index (χ0) is 22.4. The third-order valence-electron chi connectivity index (χ3n) is 4.28. The van der Waals surface area contributed by atoms with Gasteiger partial charge in [-0.15, -0.1) is 0 Å². The highest BCUT2D eigenvalue weighted by Crippen LogP contribution is 2.03. The lowest BCUT2D eigenvalue weighted by Crippen LogP contribution is -1.77. The zero-order valence-electron chi connectivity index (χ0n) is 17.3. The molecule has 0 heterocycles. The quantitative estimate of drug-likeness (QED) is 0.341. The Balaban J connectivity index is 0.000000181. The Hall–Kier alpha value is -5.02. The van der Waals surface area contributed by atoms with Crippen LogP contribution in [0.25, 0.3) is 0 Å². The van der Waals surface area contributed by atoms with E-state index in [1.165, 1.54) is 0 Å². The Morgan fingerprint density at radius 3 is 0.844 bits per heavy atom. The van der Waals surface area contributed by atoms with Gasteiger partial charge in [-0.25, -0.2) is 0 Å². The summed E-state index contributed by atoms with van der Waals surface area (Å²) in [6.45, 7) is 0. The van der Waals surface area contributed by atoms with Crippen LogP contribution in [0.3, 0.4) is 0 Å². The van der Waals surface area contributed by atoms with E-state index in [4.69, 9.17) is 10.5 Å². The molecule has 0 saturated heterocycles. The molecule has 0 atom stereocenters. The molecule has 0 N–H and O–H groups in total. The second-order valence-corrected chi connectivity index (χ2v) is 6.61. The highest BCUT2D eigenvalue weighted by molar-refractivity contribution is 5.45. The van der Waals surface area contributed by atoms with Crippen molar-refractivity contribution in [2.24, 2.45) is 0 Å². The van der Waals surface area contributed by atoms with Crippen LogP contribution in [0, 0.1) is 46.3 Å². The summed E-state index contributed by atoms with van der Waals surface area (Å²) in [5, 5.41) is 17.3. The number of hydrogen-bond donors (Lipinski definition) is 0. The number of hydrogen-bond acceptors (Lipinski definition) is 2. The van der Waals surface area contributed by atoms with Crippen molar-refractivity contribution in [3.63, 3.8) is 0 Å². The van der Waals surface area contributed by atoms with Crippen molar-refractivity contribution in [3.05, 3.63) is 143 Å². The lowest BCUT2D eigenvalue weighted by Gasteiger charge is -1.90. The van der Waals surface area contributed by atoms with Crippen molar-refractivity contribution >= 4 is 0 Å². The van der Waals surface area contributed by atoms with Gasteiger partial charge in [0.2, 0.25) is 0 Å². The first-order valence-corrected chi connectivity index (χ1v) is 9.91. The lowest BCUT2D eigenvalue weighted by atomic mass is 10.1. The van der Waals surface area contributed by atoms with Gasteiger partial charge in [-0.2, -0.15) is 10.5 Å². The molecule has 0 aliphatic carbocycles. The summed E-state index contributed by atoms with van der Waals surface area (Å²) < 4.78 is 0. The zero-order valence-corrected chi connectivity index (χ0v) is 17.3. The first-order chi connectivity index (χ1) is 15.8. The maximum atomic E-state index is 8.65. The molecule has 4 aromatic carbocycles. The molecule has 0 aliphatic rings. The van der Waals surface area contributed by atoms with Crippen LogP contribution >= 0.6 is 0 Å². The average Bonchev–Trinajstić information content (AvgIpc) is 2.88. The number of rotatable bonds is 0. The molecule has 0 spiro atoms. The first-order valence-electron chi connectivity index (χ1n) is 9.91. The van der Waals surface area contributed by atoms with Gasteiger partial charge in [-0.3, -0.25) is 0 Å². The summed E-state index contributed by atoms with van der Waals surface area (Å²) in [6, 6.07) is 38.3. The SMILES string of the molecule is N#Cc1ccc(C#Cc2ccccc2)cc1.N#Cc1ccc(C#Cc2ccccc2)cc1. The molecule has 0 radical (unpaired) electrons. The van der Waals surface area contributed by atoms with Crippen LogP contribution in [-0.4, -0.2) is 0 Å². The summed E-state index contributed by atoms with van der Waals surface area (Å²) in [6.07, 6.45) is 0. The molecule has 2 nitrogen and oxygen atoms in total. The molecule has 0 bridgehead atoms. The van der Waals surface area contributed by atoms with Gasteiger partial charge in [0.15, 0.2) is 0 Å². The second-order valence-electron chi connectivity index (χ2n) is 6.61. The minimum atomic E-state index is 0.658. The topological polar surface area (TPSA) is 47.6 Å². The molecule has 148 valence electrons. The van der Waals surface area contributed by atoms with E-state index in [-0.39, 0.29) is 0 Å². The fourth-order valence-electron chi connectivity index (χ4n) is 2.59. The number of benzene rings is 4. The van der Waals surface area contributed by atoms with E-state index >= 15 is 0 Å². The van der Waals surface area contributed by atoms with Crippen molar-refractivity contribution in [2.75, 3.05) is 0 Å². The van der Waals surface area contributed by atoms with Gasteiger partial charge < -0.3 is 0 Å². The van der Waals surface area contributed by atoms with E-state index in [2.05, 4.69) is 35.8 Å². The highest BCUT2D eigenvalue weighted by Gasteiger charge is 1.90. The minimum absolute atomic E-state index is 0.658. The Labute approximate surface area is 189 Å². The predicted molar refractivity (Wildman–Crippen MR) is 127 cm³/mol. The van der Waals surface area contributed by atoms with Crippen LogP contribution < -0.4 is 0 Å². The standard InChI is InChI=1S/2C15H9N/c2*16-12-15-10-8-14(9-11-15)7-6-13-4-2-1-3-5-13/h2*1-5,8-11H. The predicted octanol–water partition coefficient (Wildman–Crippen LogP) is 5.92. The molecule has 0 unspecified atom stereocenters. The molecular weight excluding hydrogens is 388 g/mol. The molecule has 4 aromatic rings. The molecule has 0 aromatic heterocycles. The van der Waals surface area contributed by atoms with Gasteiger partial charge in [0.25, 0.3) is 0 Å². The number of nitrogens with zero attached hydrogens (tertiary/aromatic N) is 2. The van der Waals surface area contributed by atoms with Crippen molar-refractivity contribution in [3.8, 4) is 35.8 Å². The van der Waals surface area contributed by atoms with Crippen LogP contribution in [0.2, 0.25) is 0 Å². The molecule has 0 amide bonds. The van der Waals surface area contributed by atoms with Crippen LogP contribution in [0.4, 0.5) is 0 Å². The molecule has 0 saturated carbocycles. The van der Waals surface area contributed by atoms with E-state index in [1.54, 1.807) is 24.3 Å². The summed E-state index contributed by atoms with van der Waals surface area (Å²) in [4.78, 5) is 0. The average molecular weight is 406 g/mol. The van der Waals surface area contributed by atoms with E-state index in [0.717, 1.165) is 22.3 Å². The van der Waals surface area contributed by atoms with Crippen LogP contribution in [0.5, 0.6) is 0 Å². The normalized spacial score (nSPS) is 8.69. The molecule has 2 heteroatoms. The highest BCUT2D eigenvalue weighted by atomic mass is 14.2. The fraction of sp³-hybridized carbons (Fsp3) is 0. The Morgan fingerprint density at radius 1 is 0.312 bits per heavy atom. The monoisotopic (exact) mass is 406 g/mol. The van der Waals surface area contributed by atoms with Crippen LogP contribution in [0.1, 0.15) is 33.4 Å². The molecule has 0 aliphatic heterocycles. The van der Waals surface area contributed by atoms with E-state index in [0.29, 0.717) is 11.1 Å². The number of nitriles is 2. The Bertz CT molecular complexity index is 1240. The smallest absolute Gasteiger partial charge is 0.0991 e. The van der Waals surface area contributed by atoms with Gasteiger partial charge in [0.05, 0.1) is 23.3 Å². The van der Waals surface area contributed by atoms with E-state index in [9.17, 15) is 0 Å². The van der Waals surface area contributed by atoms with Crippen LogP contribution in [-0.2, 0) is 0 Å². The van der Waals surface area contributed by atoms with Gasteiger partial charge in [-0.1, -0.05) is 60.1 Å². The van der Waals surface area contributed by atoms with Gasteiger partial charge in [0.1, 0.15) is 0 Å². The van der Waals surface area contributed by atoms with E-state index in [1.807, 2.05) is 84.9 Å². The third-order valence-corrected chi connectivity index (χ3v) is 4.28. The summed E-state index contributed by atoms with van der Waals surface area (Å²) in [5.41, 5.74) is 5.14. The van der Waals surface area contributed by atoms with Crippen LogP contribution in [0.15, 0.2) is 109 Å². The third kappa shape index (κ3) is 7.10. The maximum absolute atomic E-state index is 8.65. The molecule has 32 heavy (non-hydrogen) atoms. The van der Waals surface area contributed by atoms with Gasteiger partial charge in [0, 0.05) is 22.3 Å². The molecular formula is C30H18N2. The fourth-order valence-corrected chi connectivity index (χ4v) is 2.59. The van der Waals surface area contributed by atoms with Crippen molar-refractivity contribution in [2.45, 2.75) is 0 Å². The maximum Gasteiger partial charge on any atom is 0.0991 e. The van der Waals surface area contributed by atoms with Gasteiger partial charge in [-0.05, 0) is 72.8 Å². The molecule has 0 fully saturated rings. The van der Waals surface area contributed by atoms with Gasteiger partial charge >= 0.3 is 0 Å². The Kier molecular flexibility index (Phi) is 8.03. The van der Waals surface area contributed by atoms with E-state index < -0.39 is 0 Å². The largest absolute Gasteiger partial charge is 0.192 e. The summed E-state index contributed by atoms with van der Waals surface area (Å²) in [7, 11) is 0. The first kappa shape index (κ1) is 21.7. The molecule has 4 rings (SSSR count). The van der Waals surface area contributed by atoms with Crippen molar-refractivity contribution in [1.82, 2.24) is 0 Å². The summed E-state index contributed by atoms with van der Waals surface area (Å²) in [5.74, 6) is 12.2. The summed E-state index contributed by atoms with van der Waals surface area (Å²) >= 11 is 0.